The molecule has 0 heterocycles. The molecule has 4 rings (SSSR count). The number of hydrogen-bond acceptors (Lipinski definition) is 1. The lowest BCUT2D eigenvalue weighted by atomic mass is 9.41. The summed E-state index contributed by atoms with van der Waals surface area (Å²) in [6, 6.07) is 0. The van der Waals surface area contributed by atoms with Crippen molar-refractivity contribution >= 4 is 5.97 Å². The predicted octanol–water partition coefficient (Wildman–Crippen LogP) is 5.04. The zero-order chi connectivity index (χ0) is 15.8. The summed E-state index contributed by atoms with van der Waals surface area (Å²) in [6.45, 7) is 8.86. The van der Waals surface area contributed by atoms with Crippen molar-refractivity contribution in [3.63, 3.8) is 0 Å². The number of carboxylic acid groups (broad SMARTS) is 1. The van der Waals surface area contributed by atoms with E-state index in [0.29, 0.717) is 11.3 Å². The van der Waals surface area contributed by atoms with E-state index in [0.717, 1.165) is 31.1 Å². The van der Waals surface area contributed by atoms with Crippen LogP contribution < -0.4 is 0 Å². The van der Waals surface area contributed by atoms with Crippen LogP contribution in [0, 0.1) is 34.0 Å². The fourth-order valence-corrected chi connectivity index (χ4v) is 7.61. The van der Waals surface area contributed by atoms with Gasteiger partial charge in [-0.3, -0.25) is 4.79 Å². The summed E-state index contributed by atoms with van der Waals surface area (Å²) in [5, 5.41) is 9.90. The highest BCUT2D eigenvalue weighted by molar-refractivity contribution is 5.75. The maximum atomic E-state index is 12.0. The van der Waals surface area contributed by atoms with E-state index in [4.69, 9.17) is 0 Å². The molecule has 4 fully saturated rings. The molecule has 1 spiro atoms. The van der Waals surface area contributed by atoms with Crippen molar-refractivity contribution in [3.8, 4) is 0 Å². The SMILES string of the molecule is C=C1C[C@@]23CC[C@H]4[C@](C)(CCC[C@]4(C)C(=O)O)[C@H]2CC[C@H]1C3. The van der Waals surface area contributed by atoms with Crippen molar-refractivity contribution < 1.29 is 9.90 Å². The Kier molecular flexibility index (Phi) is 2.95. The Balaban J connectivity index is 1.75. The quantitative estimate of drug-likeness (QED) is 0.689. The highest BCUT2D eigenvalue weighted by atomic mass is 16.4. The third kappa shape index (κ3) is 1.65. The second-order valence-electron chi connectivity index (χ2n) is 9.40. The molecule has 4 saturated carbocycles. The summed E-state index contributed by atoms with van der Waals surface area (Å²) in [4.78, 5) is 12.0. The average Bonchev–Trinajstić information content (AvgIpc) is 2.68. The third-order valence-corrected chi connectivity index (χ3v) is 8.54. The topological polar surface area (TPSA) is 37.3 Å². The molecule has 0 amide bonds. The van der Waals surface area contributed by atoms with E-state index in [2.05, 4.69) is 13.5 Å². The van der Waals surface area contributed by atoms with Crippen molar-refractivity contribution in [2.45, 2.75) is 71.6 Å². The van der Waals surface area contributed by atoms with E-state index in [1.165, 1.54) is 44.1 Å². The molecule has 0 saturated heterocycles. The minimum atomic E-state index is -0.552. The number of carbonyl (C=O) groups is 1. The molecule has 4 aliphatic carbocycles. The molecule has 0 aliphatic heterocycles. The largest absolute Gasteiger partial charge is 0.481 e. The van der Waals surface area contributed by atoms with Gasteiger partial charge in [-0.1, -0.05) is 25.5 Å². The zero-order valence-corrected chi connectivity index (χ0v) is 14.2. The first-order valence-electron chi connectivity index (χ1n) is 9.23. The molecule has 0 aromatic carbocycles. The predicted molar refractivity (Wildman–Crippen MR) is 87.4 cm³/mol. The summed E-state index contributed by atoms with van der Waals surface area (Å²) in [5.41, 5.74) is 1.71. The molecule has 2 heteroatoms. The molecular formula is C20H30O2. The van der Waals surface area contributed by atoms with Gasteiger partial charge in [0.15, 0.2) is 0 Å². The Labute approximate surface area is 134 Å². The minimum Gasteiger partial charge on any atom is -0.481 e. The second kappa shape index (κ2) is 4.39. The summed E-state index contributed by atoms with van der Waals surface area (Å²) in [5.74, 6) is 1.32. The van der Waals surface area contributed by atoms with E-state index in [-0.39, 0.29) is 5.41 Å². The monoisotopic (exact) mass is 302 g/mol. The Bertz CT molecular complexity index is 538. The molecule has 0 aromatic heterocycles. The van der Waals surface area contributed by atoms with Crippen molar-refractivity contribution in [3.05, 3.63) is 12.2 Å². The number of rotatable bonds is 1. The lowest BCUT2D eigenvalue weighted by Crippen LogP contribution is -2.58. The van der Waals surface area contributed by atoms with E-state index in [1.807, 2.05) is 6.92 Å². The van der Waals surface area contributed by atoms with Gasteiger partial charge in [0.2, 0.25) is 0 Å². The van der Waals surface area contributed by atoms with Crippen LogP contribution in [0.4, 0.5) is 0 Å². The van der Waals surface area contributed by atoms with Crippen molar-refractivity contribution in [2.24, 2.45) is 34.0 Å². The lowest BCUT2D eigenvalue weighted by Gasteiger charge is -2.63. The zero-order valence-electron chi connectivity index (χ0n) is 14.2. The van der Waals surface area contributed by atoms with E-state index in [9.17, 15) is 9.90 Å². The van der Waals surface area contributed by atoms with Gasteiger partial charge in [0.1, 0.15) is 0 Å². The van der Waals surface area contributed by atoms with Crippen LogP contribution in [0.2, 0.25) is 0 Å². The first-order valence-corrected chi connectivity index (χ1v) is 9.23. The maximum absolute atomic E-state index is 12.0. The van der Waals surface area contributed by atoms with Crippen molar-refractivity contribution in [1.29, 1.82) is 0 Å². The van der Waals surface area contributed by atoms with Crippen molar-refractivity contribution in [2.75, 3.05) is 0 Å². The Morgan fingerprint density at radius 3 is 2.64 bits per heavy atom. The van der Waals surface area contributed by atoms with Gasteiger partial charge in [0.05, 0.1) is 5.41 Å². The maximum Gasteiger partial charge on any atom is 0.309 e. The number of hydrogen-bond donors (Lipinski definition) is 1. The lowest BCUT2D eigenvalue weighted by molar-refractivity contribution is -0.181. The van der Waals surface area contributed by atoms with E-state index < -0.39 is 11.4 Å². The fraction of sp³-hybridized carbons (Fsp3) is 0.850. The number of aliphatic carboxylic acids is 1. The second-order valence-corrected chi connectivity index (χ2v) is 9.40. The average molecular weight is 302 g/mol. The van der Waals surface area contributed by atoms with Gasteiger partial charge in [-0.15, -0.1) is 0 Å². The number of allylic oxidation sites excluding steroid dienone is 1. The molecule has 1 N–H and O–H groups in total. The first-order chi connectivity index (χ1) is 10.3. The van der Waals surface area contributed by atoms with Crippen LogP contribution in [0.1, 0.15) is 71.6 Å². The highest BCUT2D eigenvalue weighted by Gasteiger charge is 2.64. The third-order valence-electron chi connectivity index (χ3n) is 8.54. The minimum absolute atomic E-state index is 0.235. The van der Waals surface area contributed by atoms with Gasteiger partial charge in [0, 0.05) is 0 Å². The van der Waals surface area contributed by atoms with Gasteiger partial charge in [0.25, 0.3) is 0 Å². The van der Waals surface area contributed by atoms with Crippen molar-refractivity contribution in [1.82, 2.24) is 0 Å². The molecule has 22 heavy (non-hydrogen) atoms. The van der Waals surface area contributed by atoms with Crippen LogP contribution in [0.25, 0.3) is 0 Å². The molecule has 4 aliphatic rings. The van der Waals surface area contributed by atoms with Gasteiger partial charge < -0.3 is 5.11 Å². The van der Waals surface area contributed by atoms with Crippen LogP contribution in [-0.2, 0) is 4.79 Å². The molecule has 6 atom stereocenters. The van der Waals surface area contributed by atoms with Crippen LogP contribution >= 0.6 is 0 Å². The van der Waals surface area contributed by atoms with E-state index >= 15 is 0 Å². The number of carboxylic acids is 1. The summed E-state index contributed by atoms with van der Waals surface area (Å²) in [7, 11) is 0. The summed E-state index contributed by atoms with van der Waals surface area (Å²) >= 11 is 0. The molecule has 0 aromatic rings. The molecule has 0 unspecified atom stereocenters. The highest BCUT2D eigenvalue weighted by Crippen LogP contribution is 2.72. The molecule has 122 valence electrons. The summed E-state index contributed by atoms with van der Waals surface area (Å²) in [6.07, 6.45) is 10.8. The number of fused-ring (bicyclic) bond motifs is 3. The van der Waals surface area contributed by atoms with Gasteiger partial charge in [-0.05, 0) is 86.9 Å². The molecular weight excluding hydrogens is 272 g/mol. The molecule has 2 nitrogen and oxygen atoms in total. The normalized spacial score (nSPS) is 53.7. The van der Waals surface area contributed by atoms with Gasteiger partial charge in [-0.2, -0.15) is 0 Å². The Morgan fingerprint density at radius 1 is 1.14 bits per heavy atom. The Hall–Kier alpha value is -0.790. The Morgan fingerprint density at radius 2 is 1.91 bits per heavy atom. The van der Waals surface area contributed by atoms with Gasteiger partial charge in [-0.25, -0.2) is 0 Å². The van der Waals surface area contributed by atoms with Crippen LogP contribution in [0.5, 0.6) is 0 Å². The fourth-order valence-electron chi connectivity index (χ4n) is 7.61. The van der Waals surface area contributed by atoms with Crippen LogP contribution in [-0.4, -0.2) is 11.1 Å². The van der Waals surface area contributed by atoms with E-state index in [1.54, 1.807) is 0 Å². The van der Waals surface area contributed by atoms with Crippen LogP contribution in [0.15, 0.2) is 12.2 Å². The standard InChI is InChI=1S/C20H30O2/c1-13-11-20-10-7-15-18(2,16(20)6-5-14(13)12-20)8-4-9-19(15,3)17(21)22/h14-16H,1,4-12H2,2-3H3,(H,21,22)/t14-,15-,16+,18-,19-,20+/m0/s1. The van der Waals surface area contributed by atoms with Gasteiger partial charge >= 0.3 is 5.97 Å². The molecule has 2 bridgehead atoms. The molecule has 0 radical (unpaired) electrons. The van der Waals surface area contributed by atoms with Crippen LogP contribution in [0.3, 0.4) is 0 Å². The first kappa shape index (κ1) is 14.8. The smallest absolute Gasteiger partial charge is 0.309 e. The summed E-state index contributed by atoms with van der Waals surface area (Å²) < 4.78 is 0.